The second-order valence-corrected chi connectivity index (χ2v) is 9.11. The summed E-state index contributed by atoms with van der Waals surface area (Å²) in [7, 11) is 1.65. The highest BCUT2D eigenvalue weighted by molar-refractivity contribution is 14.0. The van der Waals surface area contributed by atoms with Crippen LogP contribution in [0.2, 0.25) is 0 Å². The third-order valence-electron chi connectivity index (χ3n) is 6.90. The number of hydrogen-bond acceptors (Lipinski definition) is 3. The van der Waals surface area contributed by atoms with Crippen molar-refractivity contribution >= 4 is 35.8 Å². The Morgan fingerprint density at radius 2 is 1.79 bits per heavy atom. The fourth-order valence-electron chi connectivity index (χ4n) is 5.21. The van der Waals surface area contributed by atoms with Gasteiger partial charge in [0.25, 0.3) is 5.91 Å². The number of amides is 1. The molecule has 0 aliphatic carbocycles. The van der Waals surface area contributed by atoms with Gasteiger partial charge in [0.1, 0.15) is 0 Å². The second kappa shape index (κ2) is 13.1. The molecule has 2 aromatic rings. The molecule has 4 rings (SSSR count). The van der Waals surface area contributed by atoms with Gasteiger partial charge in [-0.2, -0.15) is 0 Å². The molecular weight excluding hydrogens is 537 g/mol. The lowest BCUT2D eigenvalue weighted by molar-refractivity contribution is 0.0372. The molecule has 184 valence electrons. The molecule has 6 nitrogen and oxygen atoms in total. The third-order valence-corrected chi connectivity index (χ3v) is 6.90. The third kappa shape index (κ3) is 6.72. The number of nitrogens with one attached hydrogen (secondary N) is 2. The molecule has 0 saturated carbocycles. The van der Waals surface area contributed by atoms with Crippen LogP contribution in [0.3, 0.4) is 0 Å². The van der Waals surface area contributed by atoms with Crippen molar-refractivity contribution in [2.45, 2.75) is 45.3 Å². The SMILES string of the molecule is CCNC(=NCc1ccc(C(=O)NC)cc1)N1CCC2C(CCCN2Cc2ccccc2)C1.I. The van der Waals surface area contributed by atoms with E-state index in [1.54, 1.807) is 7.05 Å². The van der Waals surface area contributed by atoms with Gasteiger partial charge in [0.05, 0.1) is 6.54 Å². The van der Waals surface area contributed by atoms with Gasteiger partial charge in [-0.1, -0.05) is 42.5 Å². The molecule has 0 aromatic heterocycles. The predicted molar refractivity (Wildman–Crippen MR) is 150 cm³/mol. The van der Waals surface area contributed by atoms with Gasteiger partial charge in [0.15, 0.2) is 5.96 Å². The zero-order valence-corrected chi connectivity index (χ0v) is 22.7. The van der Waals surface area contributed by atoms with Gasteiger partial charge in [0, 0.05) is 44.8 Å². The van der Waals surface area contributed by atoms with Crippen LogP contribution in [0.1, 0.15) is 47.7 Å². The van der Waals surface area contributed by atoms with Crippen LogP contribution in [0.25, 0.3) is 0 Å². The van der Waals surface area contributed by atoms with E-state index in [4.69, 9.17) is 4.99 Å². The molecule has 1 amide bonds. The lowest BCUT2D eigenvalue weighted by atomic mass is 9.83. The van der Waals surface area contributed by atoms with Crippen LogP contribution in [0, 0.1) is 5.92 Å². The van der Waals surface area contributed by atoms with Crippen molar-refractivity contribution in [1.82, 2.24) is 20.4 Å². The number of benzene rings is 2. The largest absolute Gasteiger partial charge is 0.357 e. The van der Waals surface area contributed by atoms with Gasteiger partial charge in [0.2, 0.25) is 0 Å². The Kier molecular flexibility index (Phi) is 10.2. The van der Waals surface area contributed by atoms with Crippen molar-refractivity contribution in [3.05, 3.63) is 71.3 Å². The van der Waals surface area contributed by atoms with Gasteiger partial charge < -0.3 is 15.5 Å². The van der Waals surface area contributed by atoms with Crippen LogP contribution < -0.4 is 10.6 Å². The quantitative estimate of drug-likeness (QED) is 0.309. The first kappa shape index (κ1) is 26.5. The highest BCUT2D eigenvalue weighted by Crippen LogP contribution is 2.31. The van der Waals surface area contributed by atoms with E-state index in [0.717, 1.165) is 37.7 Å². The minimum atomic E-state index is -0.0601. The van der Waals surface area contributed by atoms with Gasteiger partial charge in [-0.15, -0.1) is 24.0 Å². The van der Waals surface area contributed by atoms with Crippen molar-refractivity contribution in [2.24, 2.45) is 10.9 Å². The van der Waals surface area contributed by atoms with Crippen molar-refractivity contribution in [1.29, 1.82) is 0 Å². The van der Waals surface area contributed by atoms with Crippen LogP contribution in [-0.2, 0) is 13.1 Å². The summed E-state index contributed by atoms with van der Waals surface area (Å²) in [6, 6.07) is 19.3. The standard InChI is InChI=1S/C27H37N5O.HI/c1-3-29-27(30-18-21-11-13-23(14-12-21)26(33)28-2)32-17-15-25-24(20-32)10-7-16-31(25)19-22-8-5-4-6-9-22;/h4-6,8-9,11-14,24-25H,3,7,10,15-20H2,1-2H3,(H,28,33)(H,29,30);1H. The molecule has 0 spiro atoms. The Bertz CT molecular complexity index is 934. The van der Waals surface area contributed by atoms with Crippen LogP contribution >= 0.6 is 24.0 Å². The van der Waals surface area contributed by atoms with Crippen molar-refractivity contribution < 1.29 is 4.79 Å². The number of nitrogens with zero attached hydrogens (tertiary/aromatic N) is 3. The number of guanidine groups is 1. The molecule has 2 saturated heterocycles. The van der Waals surface area contributed by atoms with E-state index in [0.29, 0.717) is 24.1 Å². The number of halogens is 1. The maximum Gasteiger partial charge on any atom is 0.251 e. The molecule has 2 aliphatic rings. The zero-order chi connectivity index (χ0) is 23.0. The molecule has 2 fully saturated rings. The normalized spacial score (nSPS) is 20.8. The number of likely N-dealkylation sites (tertiary alicyclic amines) is 2. The van der Waals surface area contributed by atoms with Crippen LogP contribution in [-0.4, -0.2) is 60.9 Å². The summed E-state index contributed by atoms with van der Waals surface area (Å²) in [6.45, 7) is 7.96. The van der Waals surface area contributed by atoms with Gasteiger partial charge in [-0.05, 0) is 61.9 Å². The topological polar surface area (TPSA) is 60.0 Å². The number of aliphatic imine (C=N–C) groups is 1. The Morgan fingerprint density at radius 1 is 1.03 bits per heavy atom. The molecule has 34 heavy (non-hydrogen) atoms. The average molecular weight is 576 g/mol. The van der Waals surface area contributed by atoms with Gasteiger partial charge in [-0.25, -0.2) is 4.99 Å². The number of carbonyl (C=O) groups is 1. The second-order valence-electron chi connectivity index (χ2n) is 9.11. The predicted octanol–water partition coefficient (Wildman–Crippen LogP) is 4.12. The molecule has 0 bridgehead atoms. The molecule has 7 heteroatoms. The smallest absolute Gasteiger partial charge is 0.251 e. The molecule has 2 N–H and O–H groups in total. The van der Waals surface area contributed by atoms with Crippen molar-refractivity contribution in [3.63, 3.8) is 0 Å². The molecule has 2 unspecified atom stereocenters. The minimum absolute atomic E-state index is 0. The Balaban J connectivity index is 0.00000324. The van der Waals surface area contributed by atoms with Gasteiger partial charge >= 0.3 is 0 Å². The van der Waals surface area contributed by atoms with E-state index >= 15 is 0 Å². The summed E-state index contributed by atoms with van der Waals surface area (Å²) in [5.41, 5.74) is 3.20. The highest BCUT2D eigenvalue weighted by Gasteiger charge is 2.36. The summed E-state index contributed by atoms with van der Waals surface area (Å²) in [4.78, 5) is 21.9. The van der Waals surface area contributed by atoms with Crippen LogP contribution in [0.5, 0.6) is 0 Å². The van der Waals surface area contributed by atoms with Crippen molar-refractivity contribution in [2.75, 3.05) is 33.2 Å². The maximum atomic E-state index is 11.8. The molecule has 2 aliphatic heterocycles. The van der Waals surface area contributed by atoms with E-state index < -0.39 is 0 Å². The molecule has 2 atom stereocenters. The fraction of sp³-hybridized carbons (Fsp3) is 0.481. The summed E-state index contributed by atoms with van der Waals surface area (Å²) < 4.78 is 0. The van der Waals surface area contributed by atoms with Crippen molar-refractivity contribution in [3.8, 4) is 0 Å². The average Bonchev–Trinajstić information content (AvgIpc) is 2.87. The first-order valence-corrected chi connectivity index (χ1v) is 12.3. The van der Waals surface area contributed by atoms with Crippen LogP contribution in [0.4, 0.5) is 0 Å². The maximum absolute atomic E-state index is 11.8. The number of piperidine rings is 2. The molecular formula is C27H38IN5O. The fourth-order valence-corrected chi connectivity index (χ4v) is 5.21. The number of fused-ring (bicyclic) bond motifs is 1. The zero-order valence-electron chi connectivity index (χ0n) is 20.4. The summed E-state index contributed by atoms with van der Waals surface area (Å²) in [5, 5.41) is 6.17. The first-order chi connectivity index (χ1) is 16.2. The summed E-state index contributed by atoms with van der Waals surface area (Å²) >= 11 is 0. The monoisotopic (exact) mass is 575 g/mol. The van der Waals surface area contributed by atoms with E-state index in [-0.39, 0.29) is 29.9 Å². The van der Waals surface area contributed by atoms with Crippen LogP contribution in [0.15, 0.2) is 59.6 Å². The van der Waals surface area contributed by atoms with E-state index in [1.807, 2.05) is 24.3 Å². The number of rotatable bonds is 6. The molecule has 2 heterocycles. The lowest BCUT2D eigenvalue weighted by Crippen LogP contribution is -2.56. The summed E-state index contributed by atoms with van der Waals surface area (Å²) in [6.07, 6.45) is 3.75. The first-order valence-electron chi connectivity index (χ1n) is 12.3. The minimum Gasteiger partial charge on any atom is -0.357 e. The molecule has 2 aromatic carbocycles. The number of carbonyl (C=O) groups excluding carboxylic acids is 1. The summed E-state index contributed by atoms with van der Waals surface area (Å²) in [5.74, 6) is 1.63. The lowest BCUT2D eigenvalue weighted by Gasteiger charge is -2.48. The Hall–Kier alpha value is -2.13. The van der Waals surface area contributed by atoms with E-state index in [1.165, 1.54) is 31.4 Å². The number of hydrogen-bond donors (Lipinski definition) is 2. The van der Waals surface area contributed by atoms with Gasteiger partial charge in [-0.3, -0.25) is 9.69 Å². The van der Waals surface area contributed by atoms with E-state index in [2.05, 4.69) is 57.7 Å². The Morgan fingerprint density at radius 3 is 2.50 bits per heavy atom. The molecule has 0 radical (unpaired) electrons. The van der Waals surface area contributed by atoms with E-state index in [9.17, 15) is 4.79 Å². The highest BCUT2D eigenvalue weighted by atomic mass is 127. The Labute approximate surface area is 221 Å².